The minimum absolute atomic E-state index is 0.161. The highest BCUT2D eigenvalue weighted by molar-refractivity contribution is 5.89. The van der Waals surface area contributed by atoms with Crippen LogP contribution in [0.1, 0.15) is 12.1 Å². The predicted molar refractivity (Wildman–Crippen MR) is 63.3 cm³/mol. The molecule has 0 radical (unpaired) electrons. The zero-order valence-electron chi connectivity index (χ0n) is 9.56. The summed E-state index contributed by atoms with van der Waals surface area (Å²) in [5, 5.41) is 11.2. The van der Waals surface area contributed by atoms with Crippen LogP contribution in [0.15, 0.2) is 18.2 Å². The van der Waals surface area contributed by atoms with Crippen LogP contribution in [0.5, 0.6) is 0 Å². The Hall–Kier alpha value is -1.90. The van der Waals surface area contributed by atoms with Gasteiger partial charge in [-0.1, -0.05) is 12.0 Å². The van der Waals surface area contributed by atoms with Crippen LogP contribution in [-0.4, -0.2) is 36.3 Å². The SMILES string of the molecule is COCCC(=O)Nc1cccc(C#CCO)n1. The number of carbonyl (C=O) groups excluding carboxylic acids is 1. The maximum absolute atomic E-state index is 11.4. The number of hydrogen-bond donors (Lipinski definition) is 2. The van der Waals surface area contributed by atoms with E-state index < -0.39 is 0 Å². The molecule has 0 aliphatic heterocycles. The average Bonchev–Trinajstić information content (AvgIpc) is 2.34. The fourth-order valence-corrected chi connectivity index (χ4v) is 1.10. The smallest absolute Gasteiger partial charge is 0.227 e. The summed E-state index contributed by atoms with van der Waals surface area (Å²) < 4.78 is 4.80. The second kappa shape index (κ2) is 7.39. The van der Waals surface area contributed by atoms with Crippen molar-refractivity contribution in [2.75, 3.05) is 25.6 Å². The van der Waals surface area contributed by atoms with Crippen molar-refractivity contribution in [2.24, 2.45) is 0 Å². The van der Waals surface area contributed by atoms with Gasteiger partial charge in [0.05, 0.1) is 13.0 Å². The Balaban J connectivity index is 2.62. The van der Waals surface area contributed by atoms with E-state index in [0.717, 1.165) is 0 Å². The van der Waals surface area contributed by atoms with Crippen molar-refractivity contribution in [3.63, 3.8) is 0 Å². The van der Waals surface area contributed by atoms with E-state index in [2.05, 4.69) is 22.1 Å². The molecule has 0 fully saturated rings. The molecule has 90 valence electrons. The summed E-state index contributed by atoms with van der Waals surface area (Å²) in [6.07, 6.45) is 0.282. The van der Waals surface area contributed by atoms with Gasteiger partial charge in [-0.25, -0.2) is 4.98 Å². The fourth-order valence-electron chi connectivity index (χ4n) is 1.10. The molecule has 1 aromatic heterocycles. The molecule has 0 aromatic carbocycles. The molecule has 5 heteroatoms. The summed E-state index contributed by atoms with van der Waals surface area (Å²) in [6, 6.07) is 5.11. The first-order valence-electron chi connectivity index (χ1n) is 5.12. The van der Waals surface area contributed by atoms with Gasteiger partial charge in [0.25, 0.3) is 0 Å². The Labute approximate surface area is 99.8 Å². The average molecular weight is 234 g/mol. The molecule has 0 spiro atoms. The zero-order chi connectivity index (χ0) is 12.5. The Morgan fingerprint density at radius 1 is 1.59 bits per heavy atom. The van der Waals surface area contributed by atoms with Crippen molar-refractivity contribution in [1.82, 2.24) is 4.98 Å². The van der Waals surface area contributed by atoms with Crippen LogP contribution < -0.4 is 5.32 Å². The van der Waals surface area contributed by atoms with Gasteiger partial charge < -0.3 is 15.2 Å². The predicted octanol–water partition coefficient (Wildman–Crippen LogP) is 0.400. The quantitative estimate of drug-likeness (QED) is 0.740. The Bertz CT molecular complexity index is 435. The Morgan fingerprint density at radius 2 is 2.41 bits per heavy atom. The first-order chi connectivity index (χ1) is 8.26. The number of pyridine rings is 1. The van der Waals surface area contributed by atoms with Crippen LogP contribution in [-0.2, 0) is 9.53 Å². The zero-order valence-corrected chi connectivity index (χ0v) is 9.56. The molecule has 0 saturated carbocycles. The summed E-state index contributed by atoms with van der Waals surface area (Å²) >= 11 is 0. The number of carbonyl (C=O) groups is 1. The first kappa shape index (κ1) is 13.2. The van der Waals surface area contributed by atoms with Crippen LogP contribution in [0.3, 0.4) is 0 Å². The maximum atomic E-state index is 11.4. The van der Waals surface area contributed by atoms with Crippen molar-refractivity contribution in [3.8, 4) is 11.8 Å². The molecule has 0 atom stereocenters. The molecule has 0 unspecified atom stereocenters. The number of aromatic nitrogens is 1. The second-order valence-electron chi connectivity index (χ2n) is 3.16. The lowest BCUT2D eigenvalue weighted by Crippen LogP contribution is -2.14. The van der Waals surface area contributed by atoms with Crippen molar-refractivity contribution in [1.29, 1.82) is 0 Å². The number of ether oxygens (including phenoxy) is 1. The lowest BCUT2D eigenvalue weighted by Gasteiger charge is -2.03. The topological polar surface area (TPSA) is 71.5 Å². The number of rotatable bonds is 4. The van der Waals surface area contributed by atoms with E-state index in [-0.39, 0.29) is 18.9 Å². The summed E-state index contributed by atoms with van der Waals surface area (Å²) in [5.74, 6) is 5.43. The van der Waals surface area contributed by atoms with E-state index in [0.29, 0.717) is 18.1 Å². The van der Waals surface area contributed by atoms with Gasteiger partial charge in [-0.05, 0) is 18.1 Å². The summed E-state index contributed by atoms with van der Waals surface area (Å²) in [5.41, 5.74) is 0.503. The standard InChI is InChI=1S/C12H14N2O3/c1-17-9-7-12(16)14-11-6-2-4-10(13-11)5-3-8-15/h2,4,6,15H,7-9H2,1H3,(H,13,14,16). The monoisotopic (exact) mass is 234 g/mol. The maximum Gasteiger partial charge on any atom is 0.227 e. The van der Waals surface area contributed by atoms with Gasteiger partial charge in [-0.3, -0.25) is 4.79 Å². The van der Waals surface area contributed by atoms with Crippen LogP contribution in [0.2, 0.25) is 0 Å². The van der Waals surface area contributed by atoms with Crippen molar-refractivity contribution in [2.45, 2.75) is 6.42 Å². The molecule has 0 saturated heterocycles. The normalized spacial score (nSPS) is 9.29. The van der Waals surface area contributed by atoms with Gasteiger partial charge >= 0.3 is 0 Å². The molecule has 0 aliphatic rings. The van der Waals surface area contributed by atoms with E-state index in [4.69, 9.17) is 9.84 Å². The Morgan fingerprint density at radius 3 is 3.12 bits per heavy atom. The molecule has 5 nitrogen and oxygen atoms in total. The number of aliphatic hydroxyl groups excluding tert-OH is 1. The lowest BCUT2D eigenvalue weighted by molar-refractivity contribution is -0.117. The second-order valence-corrected chi connectivity index (χ2v) is 3.16. The number of hydrogen-bond acceptors (Lipinski definition) is 4. The summed E-state index contributed by atoms with van der Waals surface area (Å²) in [4.78, 5) is 15.5. The van der Waals surface area contributed by atoms with Crippen molar-refractivity contribution >= 4 is 11.7 Å². The third-order valence-corrected chi connectivity index (χ3v) is 1.85. The number of aliphatic hydroxyl groups is 1. The van der Waals surface area contributed by atoms with Gasteiger partial charge in [0.1, 0.15) is 18.1 Å². The summed E-state index contributed by atoms with van der Waals surface area (Å²) in [7, 11) is 1.54. The van der Waals surface area contributed by atoms with E-state index in [9.17, 15) is 4.79 Å². The van der Waals surface area contributed by atoms with Crippen LogP contribution in [0.25, 0.3) is 0 Å². The number of anilines is 1. The number of nitrogens with zero attached hydrogens (tertiary/aromatic N) is 1. The first-order valence-corrected chi connectivity index (χ1v) is 5.12. The fraction of sp³-hybridized carbons (Fsp3) is 0.333. The van der Waals surface area contributed by atoms with E-state index >= 15 is 0 Å². The molecule has 1 amide bonds. The largest absolute Gasteiger partial charge is 0.384 e. The van der Waals surface area contributed by atoms with Gasteiger partial charge in [0, 0.05) is 7.11 Å². The molecule has 0 aliphatic carbocycles. The lowest BCUT2D eigenvalue weighted by atomic mass is 10.3. The third-order valence-electron chi connectivity index (χ3n) is 1.85. The van der Waals surface area contributed by atoms with Crippen molar-refractivity contribution in [3.05, 3.63) is 23.9 Å². The molecule has 2 N–H and O–H groups in total. The van der Waals surface area contributed by atoms with Crippen LogP contribution >= 0.6 is 0 Å². The number of nitrogens with one attached hydrogen (secondary N) is 1. The highest BCUT2D eigenvalue weighted by atomic mass is 16.5. The van der Waals surface area contributed by atoms with E-state index in [1.54, 1.807) is 18.2 Å². The molecular weight excluding hydrogens is 220 g/mol. The molecule has 1 aromatic rings. The van der Waals surface area contributed by atoms with Crippen LogP contribution in [0.4, 0.5) is 5.82 Å². The van der Waals surface area contributed by atoms with Gasteiger partial charge in [-0.2, -0.15) is 0 Å². The molecule has 17 heavy (non-hydrogen) atoms. The van der Waals surface area contributed by atoms with Crippen LogP contribution in [0, 0.1) is 11.8 Å². The van der Waals surface area contributed by atoms with E-state index in [1.165, 1.54) is 7.11 Å². The Kier molecular flexibility index (Phi) is 5.72. The molecule has 1 rings (SSSR count). The number of amides is 1. The van der Waals surface area contributed by atoms with Crippen molar-refractivity contribution < 1.29 is 14.6 Å². The van der Waals surface area contributed by atoms with Gasteiger partial charge in [0.15, 0.2) is 0 Å². The molecule has 1 heterocycles. The van der Waals surface area contributed by atoms with Gasteiger partial charge in [-0.15, -0.1) is 0 Å². The minimum Gasteiger partial charge on any atom is -0.384 e. The van der Waals surface area contributed by atoms with Gasteiger partial charge in [0.2, 0.25) is 5.91 Å². The summed E-state index contributed by atoms with van der Waals surface area (Å²) in [6.45, 7) is 0.155. The highest BCUT2D eigenvalue weighted by Gasteiger charge is 2.02. The van der Waals surface area contributed by atoms with E-state index in [1.807, 2.05) is 0 Å². The highest BCUT2D eigenvalue weighted by Crippen LogP contribution is 2.04. The molecule has 0 bridgehead atoms. The number of methoxy groups -OCH3 is 1. The molecular formula is C12H14N2O3. The minimum atomic E-state index is -0.216. The third kappa shape index (κ3) is 5.11.